The van der Waals surface area contributed by atoms with Crippen molar-refractivity contribution in [3.8, 4) is 5.75 Å². The van der Waals surface area contributed by atoms with Gasteiger partial charge >= 0.3 is 0 Å². The largest absolute Gasteiger partial charge is 0.490 e. The molecule has 0 saturated carbocycles. The minimum Gasteiger partial charge on any atom is -0.490 e. The number of benzene rings is 1. The van der Waals surface area contributed by atoms with E-state index in [4.69, 9.17) is 4.74 Å². The molecule has 2 aromatic rings. The number of hydrogen-bond donors (Lipinski definition) is 2. The number of nitrogens with zero attached hydrogens (tertiary/aromatic N) is 1. The van der Waals surface area contributed by atoms with Crippen molar-refractivity contribution in [3.05, 3.63) is 53.2 Å². The fourth-order valence-electron chi connectivity index (χ4n) is 3.81. The van der Waals surface area contributed by atoms with Gasteiger partial charge in [-0.25, -0.2) is 4.98 Å². The van der Waals surface area contributed by atoms with E-state index in [1.54, 1.807) is 0 Å². The highest BCUT2D eigenvalue weighted by molar-refractivity contribution is 5.42. The molecule has 3 N–H and O–H groups in total. The van der Waals surface area contributed by atoms with Crippen molar-refractivity contribution < 1.29 is 19.7 Å². The molecule has 1 aliphatic heterocycles. The standard InChI is InChI=1S/C21H29N3O2/c1-16-12-17(2)21(18(3)13-16)26-15-19(25)14-23-8-10-24(11-9-23)20-6-4-5-7-22-20/h4-7,12-13,19,25H,8-11,14-15H2,1-3H3/p+2/t19-/m0/s1. The number of hydrogen-bond acceptors (Lipinski definition) is 3. The van der Waals surface area contributed by atoms with Crippen LogP contribution in [0.5, 0.6) is 5.75 Å². The van der Waals surface area contributed by atoms with Crippen molar-refractivity contribution in [2.24, 2.45) is 0 Å². The van der Waals surface area contributed by atoms with Crippen LogP contribution in [0.4, 0.5) is 5.82 Å². The van der Waals surface area contributed by atoms with Gasteiger partial charge in [0.25, 0.3) is 5.82 Å². The zero-order chi connectivity index (χ0) is 18.5. The summed E-state index contributed by atoms with van der Waals surface area (Å²) in [5, 5.41) is 10.4. The Morgan fingerprint density at radius 2 is 1.85 bits per heavy atom. The Morgan fingerprint density at radius 1 is 1.15 bits per heavy atom. The number of rotatable bonds is 6. The van der Waals surface area contributed by atoms with Gasteiger partial charge in [-0.3, -0.25) is 4.90 Å². The van der Waals surface area contributed by atoms with Gasteiger partial charge in [0.2, 0.25) is 0 Å². The smallest absolute Gasteiger partial charge is 0.274 e. The second-order valence-corrected chi connectivity index (χ2v) is 7.38. The van der Waals surface area contributed by atoms with Crippen LogP contribution in [0.25, 0.3) is 0 Å². The molecule has 0 unspecified atom stereocenters. The number of pyridine rings is 1. The molecule has 0 spiro atoms. The molecule has 0 bridgehead atoms. The van der Waals surface area contributed by atoms with Crippen LogP contribution in [0.2, 0.25) is 0 Å². The first kappa shape index (κ1) is 18.7. The molecule has 1 aromatic carbocycles. The topological polar surface area (TPSA) is 51.3 Å². The molecule has 1 aromatic heterocycles. The number of anilines is 1. The maximum absolute atomic E-state index is 10.4. The zero-order valence-corrected chi connectivity index (χ0v) is 16.1. The Hall–Kier alpha value is -2.11. The van der Waals surface area contributed by atoms with Crippen molar-refractivity contribution >= 4 is 5.82 Å². The van der Waals surface area contributed by atoms with E-state index in [1.807, 2.05) is 12.3 Å². The molecular formula is C21H31N3O2+2. The molecule has 5 heteroatoms. The predicted octanol–water partition coefficient (Wildman–Crippen LogP) is 0.571. The molecule has 1 saturated heterocycles. The zero-order valence-electron chi connectivity index (χ0n) is 16.1. The minimum atomic E-state index is -0.444. The van der Waals surface area contributed by atoms with Crippen molar-refractivity contribution in [3.63, 3.8) is 0 Å². The highest BCUT2D eigenvalue weighted by atomic mass is 16.5. The number of quaternary nitrogens is 1. The number of H-pyrrole nitrogens is 1. The van der Waals surface area contributed by atoms with Crippen molar-refractivity contribution in [2.75, 3.05) is 44.2 Å². The normalized spacial score (nSPS) is 16.5. The molecule has 0 aliphatic carbocycles. The number of nitrogens with one attached hydrogen (secondary N) is 2. The van der Waals surface area contributed by atoms with Crippen LogP contribution >= 0.6 is 0 Å². The molecule has 5 nitrogen and oxygen atoms in total. The van der Waals surface area contributed by atoms with Crippen LogP contribution in [0.15, 0.2) is 36.5 Å². The maximum Gasteiger partial charge on any atom is 0.274 e. The Kier molecular flexibility index (Phi) is 6.12. The van der Waals surface area contributed by atoms with E-state index in [9.17, 15) is 5.11 Å². The molecule has 2 heterocycles. The van der Waals surface area contributed by atoms with E-state index < -0.39 is 6.10 Å². The molecule has 140 valence electrons. The van der Waals surface area contributed by atoms with Crippen LogP contribution in [0, 0.1) is 20.8 Å². The van der Waals surface area contributed by atoms with Gasteiger partial charge in [0.1, 0.15) is 51.2 Å². The Morgan fingerprint density at radius 3 is 2.46 bits per heavy atom. The lowest BCUT2D eigenvalue weighted by atomic mass is 10.1. The summed E-state index contributed by atoms with van der Waals surface area (Å²) in [6.45, 7) is 11.4. The van der Waals surface area contributed by atoms with Gasteiger partial charge < -0.3 is 14.7 Å². The lowest BCUT2D eigenvalue weighted by Gasteiger charge is -2.29. The Bertz CT molecular complexity index is 689. The van der Waals surface area contributed by atoms with Gasteiger partial charge in [-0.2, -0.15) is 0 Å². The fourth-order valence-corrected chi connectivity index (χ4v) is 3.81. The van der Waals surface area contributed by atoms with E-state index in [0.29, 0.717) is 6.61 Å². The summed E-state index contributed by atoms with van der Waals surface area (Å²) < 4.78 is 5.94. The second-order valence-electron chi connectivity index (χ2n) is 7.38. The van der Waals surface area contributed by atoms with E-state index in [-0.39, 0.29) is 0 Å². The molecule has 3 rings (SSSR count). The Balaban J connectivity index is 1.45. The quantitative estimate of drug-likeness (QED) is 0.795. The fraction of sp³-hybridized carbons (Fsp3) is 0.476. The maximum atomic E-state index is 10.4. The van der Waals surface area contributed by atoms with Gasteiger partial charge in [-0.1, -0.05) is 23.8 Å². The number of ether oxygens (including phenoxy) is 1. The first-order valence-electron chi connectivity index (χ1n) is 9.47. The third-order valence-corrected chi connectivity index (χ3v) is 5.05. The highest BCUT2D eigenvalue weighted by Gasteiger charge is 2.27. The SMILES string of the molecule is Cc1cc(C)c(OC[C@@H](O)C[NH+]2CCN(c3cccc[nH+]3)CC2)c(C)c1. The van der Waals surface area contributed by atoms with Crippen LogP contribution in [0.1, 0.15) is 16.7 Å². The van der Waals surface area contributed by atoms with Gasteiger partial charge in [-0.15, -0.1) is 0 Å². The van der Waals surface area contributed by atoms with Crippen LogP contribution < -0.4 is 19.5 Å². The summed E-state index contributed by atoms with van der Waals surface area (Å²) in [5.41, 5.74) is 3.51. The average molecular weight is 357 g/mol. The molecule has 0 amide bonds. The van der Waals surface area contributed by atoms with Crippen molar-refractivity contribution in [2.45, 2.75) is 26.9 Å². The van der Waals surface area contributed by atoms with Crippen LogP contribution in [-0.4, -0.2) is 50.5 Å². The third-order valence-electron chi connectivity index (χ3n) is 5.05. The van der Waals surface area contributed by atoms with Gasteiger partial charge in [0.15, 0.2) is 0 Å². The molecule has 0 radical (unpaired) electrons. The van der Waals surface area contributed by atoms with E-state index >= 15 is 0 Å². The molecule has 1 fully saturated rings. The lowest BCUT2D eigenvalue weighted by Crippen LogP contribution is -3.16. The third kappa shape index (κ3) is 4.74. The summed E-state index contributed by atoms with van der Waals surface area (Å²) in [4.78, 5) is 7.10. The summed E-state index contributed by atoms with van der Waals surface area (Å²) in [6, 6.07) is 10.4. The average Bonchev–Trinajstić information content (AvgIpc) is 2.62. The van der Waals surface area contributed by atoms with Crippen LogP contribution in [0.3, 0.4) is 0 Å². The summed E-state index contributed by atoms with van der Waals surface area (Å²) in [5.74, 6) is 2.08. The first-order valence-corrected chi connectivity index (χ1v) is 9.47. The summed E-state index contributed by atoms with van der Waals surface area (Å²) in [7, 11) is 0. The van der Waals surface area contributed by atoms with Gasteiger partial charge in [-0.05, 0) is 38.0 Å². The van der Waals surface area contributed by atoms with E-state index in [0.717, 1.165) is 49.6 Å². The Labute approximate surface area is 156 Å². The first-order chi connectivity index (χ1) is 12.5. The van der Waals surface area contributed by atoms with E-state index in [1.165, 1.54) is 16.3 Å². The van der Waals surface area contributed by atoms with Gasteiger partial charge in [0, 0.05) is 6.07 Å². The predicted molar refractivity (Wildman–Crippen MR) is 103 cm³/mol. The summed E-state index contributed by atoms with van der Waals surface area (Å²) in [6.07, 6.45) is 1.52. The molecule has 1 atom stereocenters. The van der Waals surface area contributed by atoms with E-state index in [2.05, 4.69) is 54.9 Å². The number of aryl methyl sites for hydroxylation is 3. The highest BCUT2D eigenvalue weighted by Crippen LogP contribution is 2.24. The van der Waals surface area contributed by atoms with Crippen molar-refractivity contribution in [1.29, 1.82) is 0 Å². The molecule has 1 aliphatic rings. The van der Waals surface area contributed by atoms with Crippen molar-refractivity contribution in [1.82, 2.24) is 0 Å². The number of aliphatic hydroxyl groups excluding tert-OH is 1. The lowest BCUT2D eigenvalue weighted by molar-refractivity contribution is -0.903. The second kappa shape index (κ2) is 8.52. The molecular weight excluding hydrogens is 326 g/mol. The molecule has 26 heavy (non-hydrogen) atoms. The number of aromatic amines is 1. The van der Waals surface area contributed by atoms with Crippen LogP contribution in [-0.2, 0) is 0 Å². The number of piperazine rings is 1. The number of aliphatic hydroxyl groups is 1. The number of aromatic nitrogens is 1. The monoisotopic (exact) mass is 357 g/mol. The van der Waals surface area contributed by atoms with Gasteiger partial charge in [0.05, 0.1) is 6.20 Å². The summed E-state index contributed by atoms with van der Waals surface area (Å²) >= 11 is 0. The minimum absolute atomic E-state index is 0.352.